The quantitative estimate of drug-likeness (QED) is 0.691. The van der Waals surface area contributed by atoms with Gasteiger partial charge in [-0.3, -0.25) is 9.36 Å². The summed E-state index contributed by atoms with van der Waals surface area (Å²) in [5.41, 5.74) is 0.751. The Hall–Kier alpha value is -1.76. The second-order valence-electron chi connectivity index (χ2n) is 5.47. The lowest BCUT2D eigenvalue weighted by Crippen LogP contribution is -2.86. The molecular weight excluding hydrogens is 294 g/mol. The molecule has 1 heterocycles. The van der Waals surface area contributed by atoms with Gasteiger partial charge in [0.1, 0.15) is 6.04 Å². The monoisotopic (exact) mass is 320 g/mol. The second kappa shape index (κ2) is 8.76. The highest BCUT2D eigenvalue weighted by molar-refractivity contribution is 5.77. The van der Waals surface area contributed by atoms with E-state index in [0.717, 1.165) is 24.3 Å². The van der Waals surface area contributed by atoms with Crippen LogP contribution in [0, 0.1) is 0 Å². The SMILES string of the molecule is CC[C@H]([NH2+]CCOC)c1nc2ccccc2c(=O)n1CCOC. The fourth-order valence-corrected chi connectivity index (χ4v) is 2.71. The van der Waals surface area contributed by atoms with Gasteiger partial charge in [0.05, 0.1) is 37.2 Å². The Labute approximate surface area is 136 Å². The van der Waals surface area contributed by atoms with Crippen molar-refractivity contribution in [2.75, 3.05) is 34.0 Å². The van der Waals surface area contributed by atoms with E-state index >= 15 is 0 Å². The number of rotatable bonds is 9. The summed E-state index contributed by atoms with van der Waals surface area (Å²) in [5.74, 6) is 0.810. The van der Waals surface area contributed by atoms with Gasteiger partial charge >= 0.3 is 0 Å². The molecule has 0 unspecified atom stereocenters. The van der Waals surface area contributed by atoms with E-state index in [9.17, 15) is 4.79 Å². The first-order chi connectivity index (χ1) is 11.2. The molecule has 1 aromatic carbocycles. The number of fused-ring (bicyclic) bond motifs is 1. The van der Waals surface area contributed by atoms with Gasteiger partial charge in [0.25, 0.3) is 5.56 Å². The van der Waals surface area contributed by atoms with Crippen molar-refractivity contribution < 1.29 is 14.8 Å². The zero-order valence-electron chi connectivity index (χ0n) is 14.1. The van der Waals surface area contributed by atoms with Crippen LogP contribution in [0.5, 0.6) is 0 Å². The van der Waals surface area contributed by atoms with E-state index in [-0.39, 0.29) is 11.6 Å². The summed E-state index contributed by atoms with van der Waals surface area (Å²) in [7, 11) is 3.33. The van der Waals surface area contributed by atoms with E-state index in [1.807, 2.05) is 24.3 Å². The van der Waals surface area contributed by atoms with Crippen LogP contribution in [0.15, 0.2) is 29.1 Å². The molecule has 6 heteroatoms. The molecule has 0 saturated heterocycles. The van der Waals surface area contributed by atoms with Crippen molar-refractivity contribution in [1.82, 2.24) is 9.55 Å². The van der Waals surface area contributed by atoms with Gasteiger partial charge in [-0.15, -0.1) is 0 Å². The van der Waals surface area contributed by atoms with Crippen LogP contribution < -0.4 is 10.9 Å². The van der Waals surface area contributed by atoms with E-state index in [1.165, 1.54) is 0 Å². The standard InChI is InChI=1S/C17H25N3O3/c1-4-14(18-9-11-22-2)16-19-15-8-6-5-7-13(15)17(21)20(16)10-12-23-3/h5-8,14,18H,4,9-12H2,1-3H3/p+1/t14-/m0/s1. The van der Waals surface area contributed by atoms with Crippen molar-refractivity contribution in [2.45, 2.75) is 25.9 Å². The minimum absolute atomic E-state index is 0.00115. The number of aromatic nitrogens is 2. The number of nitrogens with two attached hydrogens (primary N) is 1. The van der Waals surface area contributed by atoms with E-state index in [0.29, 0.717) is 25.1 Å². The number of benzene rings is 1. The molecule has 1 atom stereocenters. The van der Waals surface area contributed by atoms with Crippen molar-refractivity contribution in [1.29, 1.82) is 0 Å². The fourth-order valence-electron chi connectivity index (χ4n) is 2.71. The average molecular weight is 320 g/mol. The largest absolute Gasteiger partial charge is 0.383 e. The summed E-state index contributed by atoms with van der Waals surface area (Å²) >= 11 is 0. The number of methoxy groups -OCH3 is 2. The van der Waals surface area contributed by atoms with Crippen LogP contribution in [-0.4, -0.2) is 43.5 Å². The summed E-state index contributed by atoms with van der Waals surface area (Å²) < 4.78 is 12.0. The highest BCUT2D eigenvalue weighted by atomic mass is 16.5. The van der Waals surface area contributed by atoms with E-state index < -0.39 is 0 Å². The number of hydrogen-bond donors (Lipinski definition) is 1. The molecule has 1 aromatic heterocycles. The second-order valence-corrected chi connectivity index (χ2v) is 5.47. The van der Waals surface area contributed by atoms with Crippen LogP contribution in [0.3, 0.4) is 0 Å². The van der Waals surface area contributed by atoms with Crippen LogP contribution in [0.1, 0.15) is 25.2 Å². The summed E-state index contributed by atoms with van der Waals surface area (Å²) in [5, 5.41) is 2.84. The third-order valence-electron chi connectivity index (χ3n) is 3.95. The molecule has 0 aliphatic heterocycles. The molecule has 2 aromatic rings. The van der Waals surface area contributed by atoms with Crippen molar-refractivity contribution in [3.8, 4) is 0 Å². The molecule has 23 heavy (non-hydrogen) atoms. The molecule has 2 rings (SSSR count). The lowest BCUT2D eigenvalue weighted by atomic mass is 10.1. The summed E-state index contributed by atoms with van der Waals surface area (Å²) in [4.78, 5) is 17.6. The fraction of sp³-hybridized carbons (Fsp3) is 0.529. The number of para-hydroxylation sites is 1. The van der Waals surface area contributed by atoms with Gasteiger partial charge in [-0.05, 0) is 12.1 Å². The first-order valence-electron chi connectivity index (χ1n) is 8.03. The van der Waals surface area contributed by atoms with Crippen LogP contribution >= 0.6 is 0 Å². The summed E-state index contributed by atoms with van der Waals surface area (Å²) in [6, 6.07) is 7.62. The predicted molar refractivity (Wildman–Crippen MR) is 89.6 cm³/mol. The van der Waals surface area contributed by atoms with Crippen LogP contribution in [0.2, 0.25) is 0 Å². The number of hydrogen-bond acceptors (Lipinski definition) is 4. The smallest absolute Gasteiger partial charge is 0.261 e. The van der Waals surface area contributed by atoms with Crippen LogP contribution in [-0.2, 0) is 16.0 Å². The van der Waals surface area contributed by atoms with E-state index in [4.69, 9.17) is 14.5 Å². The Balaban J connectivity index is 2.47. The van der Waals surface area contributed by atoms with Crippen molar-refractivity contribution in [3.05, 3.63) is 40.4 Å². The van der Waals surface area contributed by atoms with Gasteiger partial charge in [0, 0.05) is 20.6 Å². The van der Waals surface area contributed by atoms with Gasteiger partial charge in [-0.1, -0.05) is 19.1 Å². The lowest BCUT2D eigenvalue weighted by molar-refractivity contribution is -0.698. The Morgan fingerprint density at radius 3 is 2.65 bits per heavy atom. The van der Waals surface area contributed by atoms with Crippen LogP contribution in [0.25, 0.3) is 10.9 Å². The Morgan fingerprint density at radius 2 is 1.96 bits per heavy atom. The number of ether oxygens (including phenoxy) is 2. The lowest BCUT2D eigenvalue weighted by Gasteiger charge is -2.19. The zero-order chi connectivity index (χ0) is 16.7. The number of quaternary nitrogens is 1. The highest BCUT2D eigenvalue weighted by Gasteiger charge is 2.21. The highest BCUT2D eigenvalue weighted by Crippen LogP contribution is 2.13. The molecule has 0 aliphatic carbocycles. The normalized spacial score (nSPS) is 12.7. The molecule has 2 N–H and O–H groups in total. The van der Waals surface area contributed by atoms with Gasteiger partial charge in [0.2, 0.25) is 0 Å². The Kier molecular flexibility index (Phi) is 6.70. The number of nitrogens with zero attached hydrogens (tertiary/aromatic N) is 2. The van der Waals surface area contributed by atoms with Gasteiger partial charge in [-0.25, -0.2) is 4.98 Å². The molecule has 0 spiro atoms. The minimum Gasteiger partial charge on any atom is -0.383 e. The molecular formula is C17H26N3O3+. The molecule has 0 radical (unpaired) electrons. The van der Waals surface area contributed by atoms with Crippen molar-refractivity contribution >= 4 is 10.9 Å². The molecule has 0 aliphatic rings. The molecule has 0 amide bonds. The minimum atomic E-state index is 0.00115. The molecule has 0 saturated carbocycles. The summed E-state index contributed by atoms with van der Waals surface area (Å²) in [6.45, 7) is 4.61. The average Bonchev–Trinajstić information content (AvgIpc) is 2.58. The van der Waals surface area contributed by atoms with Crippen LogP contribution in [0.4, 0.5) is 0 Å². The topological polar surface area (TPSA) is 70.0 Å². The molecule has 126 valence electrons. The van der Waals surface area contributed by atoms with Gasteiger partial charge < -0.3 is 14.8 Å². The van der Waals surface area contributed by atoms with Gasteiger partial charge in [-0.2, -0.15) is 0 Å². The van der Waals surface area contributed by atoms with E-state index in [2.05, 4.69) is 12.2 Å². The predicted octanol–water partition coefficient (Wildman–Crippen LogP) is 0.704. The zero-order valence-corrected chi connectivity index (χ0v) is 14.1. The Morgan fingerprint density at radius 1 is 1.22 bits per heavy atom. The first-order valence-corrected chi connectivity index (χ1v) is 8.03. The van der Waals surface area contributed by atoms with E-state index in [1.54, 1.807) is 18.8 Å². The van der Waals surface area contributed by atoms with Gasteiger partial charge in [0.15, 0.2) is 5.82 Å². The third-order valence-corrected chi connectivity index (χ3v) is 3.95. The maximum atomic E-state index is 12.8. The maximum absolute atomic E-state index is 12.8. The summed E-state index contributed by atoms with van der Waals surface area (Å²) in [6.07, 6.45) is 0.890. The Bertz CT molecular complexity index is 684. The third kappa shape index (κ3) is 4.16. The molecule has 0 fully saturated rings. The van der Waals surface area contributed by atoms with Crippen molar-refractivity contribution in [3.63, 3.8) is 0 Å². The maximum Gasteiger partial charge on any atom is 0.261 e. The first kappa shape index (κ1) is 17.6. The molecule has 6 nitrogen and oxygen atoms in total. The molecule has 0 bridgehead atoms. The van der Waals surface area contributed by atoms with Crippen molar-refractivity contribution in [2.24, 2.45) is 0 Å².